The van der Waals surface area contributed by atoms with Gasteiger partial charge in [0.2, 0.25) is 16.9 Å². The van der Waals surface area contributed by atoms with Gasteiger partial charge < -0.3 is 5.32 Å². The topological polar surface area (TPSA) is 114 Å². The van der Waals surface area contributed by atoms with Gasteiger partial charge in [-0.25, -0.2) is 4.98 Å². The van der Waals surface area contributed by atoms with E-state index in [0.717, 1.165) is 35.0 Å². The van der Waals surface area contributed by atoms with E-state index in [-0.39, 0.29) is 5.69 Å². The summed E-state index contributed by atoms with van der Waals surface area (Å²) in [7, 11) is 0. The van der Waals surface area contributed by atoms with Gasteiger partial charge in [-0.15, -0.1) is 5.10 Å². The highest BCUT2D eigenvalue weighted by molar-refractivity contribution is 8.00. The highest BCUT2D eigenvalue weighted by Crippen LogP contribution is 2.25. The molecule has 28 heavy (non-hydrogen) atoms. The summed E-state index contributed by atoms with van der Waals surface area (Å²) in [5, 5.41) is 20.1. The molecule has 0 radical (unpaired) electrons. The van der Waals surface area contributed by atoms with Gasteiger partial charge in [0, 0.05) is 17.3 Å². The number of amides is 1. The van der Waals surface area contributed by atoms with Crippen LogP contribution in [0.25, 0.3) is 11.4 Å². The molecule has 0 unspecified atom stereocenters. The predicted molar refractivity (Wildman–Crippen MR) is 104 cm³/mol. The molecule has 0 aliphatic carbocycles. The number of nitrogens with one attached hydrogen (secondary N) is 2. The Hall–Kier alpha value is -3.27. The number of hydrogen-bond acceptors (Lipinski definition) is 6. The van der Waals surface area contributed by atoms with Crippen molar-refractivity contribution in [2.45, 2.75) is 24.3 Å². The summed E-state index contributed by atoms with van der Waals surface area (Å²) in [5.41, 5.74) is 1.44. The van der Waals surface area contributed by atoms with Crippen molar-refractivity contribution in [3.8, 4) is 11.4 Å². The molecule has 0 fully saturated rings. The summed E-state index contributed by atoms with van der Waals surface area (Å²) < 4.78 is 13.4. The zero-order valence-electron chi connectivity index (χ0n) is 15.0. The Labute approximate surface area is 163 Å². The second-order valence-corrected chi connectivity index (χ2v) is 7.31. The molecule has 3 aromatic rings. The van der Waals surface area contributed by atoms with Crippen LogP contribution in [0.2, 0.25) is 0 Å². The first-order chi connectivity index (χ1) is 13.3. The Morgan fingerprint density at radius 3 is 2.68 bits per heavy atom. The number of hydrogen-bond donors (Lipinski definition) is 2. The van der Waals surface area contributed by atoms with Crippen LogP contribution in [0, 0.1) is 22.9 Å². The second kappa shape index (κ2) is 8.17. The van der Waals surface area contributed by atoms with Gasteiger partial charge in [0.15, 0.2) is 5.82 Å². The number of aromatic nitrogens is 3. The molecule has 10 heteroatoms. The molecule has 8 nitrogen and oxygen atoms in total. The number of carbonyl (C=O) groups is 1. The van der Waals surface area contributed by atoms with Crippen LogP contribution < -0.4 is 5.32 Å². The third kappa shape index (κ3) is 4.52. The molecular formula is C18H16FN5O3S. The molecule has 3 rings (SSSR count). The van der Waals surface area contributed by atoms with E-state index in [2.05, 4.69) is 20.5 Å². The lowest BCUT2D eigenvalue weighted by Gasteiger charge is -2.10. The molecule has 0 saturated heterocycles. The summed E-state index contributed by atoms with van der Waals surface area (Å²) in [6, 6.07) is 10.9. The summed E-state index contributed by atoms with van der Waals surface area (Å²) in [6.07, 6.45) is 0. The zero-order chi connectivity index (χ0) is 20.3. The highest BCUT2D eigenvalue weighted by atomic mass is 32.2. The molecule has 1 atom stereocenters. The van der Waals surface area contributed by atoms with Crippen LogP contribution in [-0.4, -0.2) is 31.3 Å². The number of H-pyrrole nitrogens is 1. The van der Waals surface area contributed by atoms with E-state index in [1.165, 1.54) is 6.07 Å². The molecule has 1 aromatic heterocycles. The minimum atomic E-state index is -0.963. The number of thioether (sulfide) groups is 1. The molecule has 0 aliphatic heterocycles. The number of rotatable bonds is 6. The average Bonchev–Trinajstić information content (AvgIpc) is 3.12. The van der Waals surface area contributed by atoms with Crippen molar-refractivity contribution < 1.29 is 14.1 Å². The number of anilines is 1. The number of nitro groups is 1. The van der Waals surface area contributed by atoms with Crippen molar-refractivity contribution in [3.05, 3.63) is 64.0 Å². The third-order valence-electron chi connectivity index (χ3n) is 3.85. The lowest BCUT2D eigenvalue weighted by molar-refractivity contribution is -0.387. The maximum absolute atomic E-state index is 13.4. The maximum Gasteiger partial charge on any atom is 0.306 e. The Bertz CT molecular complexity index is 1020. The molecule has 1 amide bonds. The van der Waals surface area contributed by atoms with E-state index in [1.54, 1.807) is 6.92 Å². The van der Waals surface area contributed by atoms with Gasteiger partial charge in [0.25, 0.3) is 0 Å². The normalized spacial score (nSPS) is 11.8. The molecule has 0 bridgehead atoms. The van der Waals surface area contributed by atoms with Crippen LogP contribution >= 0.6 is 11.8 Å². The summed E-state index contributed by atoms with van der Waals surface area (Å²) in [6.45, 7) is 3.64. The Kier molecular flexibility index (Phi) is 5.69. The summed E-state index contributed by atoms with van der Waals surface area (Å²) in [5.74, 6) is -0.786. The fourth-order valence-corrected chi connectivity index (χ4v) is 3.05. The van der Waals surface area contributed by atoms with Gasteiger partial charge in [-0.3, -0.25) is 20.0 Å². The number of nitrogens with zero attached hydrogens (tertiary/aromatic N) is 3. The van der Waals surface area contributed by atoms with E-state index in [0.29, 0.717) is 11.0 Å². The fraction of sp³-hybridized carbons (Fsp3) is 0.167. The van der Waals surface area contributed by atoms with Crippen molar-refractivity contribution in [2.75, 3.05) is 5.32 Å². The minimum Gasteiger partial charge on any atom is -0.325 e. The monoisotopic (exact) mass is 401 g/mol. The molecule has 0 saturated carbocycles. The molecule has 0 aliphatic rings. The number of benzene rings is 2. The number of aromatic amines is 1. The Balaban J connectivity index is 1.65. The van der Waals surface area contributed by atoms with E-state index in [4.69, 9.17) is 0 Å². The third-order valence-corrected chi connectivity index (χ3v) is 4.81. The Morgan fingerprint density at radius 1 is 1.29 bits per heavy atom. The van der Waals surface area contributed by atoms with Crippen LogP contribution in [0.4, 0.5) is 15.8 Å². The van der Waals surface area contributed by atoms with Crippen molar-refractivity contribution in [1.29, 1.82) is 0 Å². The number of aryl methyl sites for hydroxylation is 1. The molecule has 144 valence electrons. The van der Waals surface area contributed by atoms with Crippen molar-refractivity contribution in [3.63, 3.8) is 0 Å². The number of halogens is 1. The first kappa shape index (κ1) is 19.5. The van der Waals surface area contributed by atoms with E-state index in [1.807, 2.05) is 31.2 Å². The van der Waals surface area contributed by atoms with Crippen LogP contribution in [0.3, 0.4) is 0 Å². The van der Waals surface area contributed by atoms with Crippen LogP contribution in [0.15, 0.2) is 47.6 Å². The number of nitro benzene ring substituents is 1. The molecular weight excluding hydrogens is 385 g/mol. The first-order valence-corrected chi connectivity index (χ1v) is 9.12. The fourth-order valence-electron chi connectivity index (χ4n) is 2.33. The minimum absolute atomic E-state index is 0.140. The van der Waals surface area contributed by atoms with Gasteiger partial charge in [0.05, 0.1) is 10.2 Å². The maximum atomic E-state index is 13.4. The van der Waals surface area contributed by atoms with E-state index in [9.17, 15) is 19.3 Å². The quantitative estimate of drug-likeness (QED) is 0.367. The average molecular weight is 401 g/mol. The largest absolute Gasteiger partial charge is 0.325 e. The van der Waals surface area contributed by atoms with Gasteiger partial charge in [-0.2, -0.15) is 4.39 Å². The molecule has 0 spiro atoms. The van der Waals surface area contributed by atoms with E-state index < -0.39 is 27.6 Å². The summed E-state index contributed by atoms with van der Waals surface area (Å²) in [4.78, 5) is 26.7. The van der Waals surface area contributed by atoms with Gasteiger partial charge >= 0.3 is 5.69 Å². The lowest BCUT2D eigenvalue weighted by Crippen LogP contribution is -2.22. The smallest absolute Gasteiger partial charge is 0.306 e. The molecule has 2 aromatic carbocycles. The lowest BCUT2D eigenvalue weighted by atomic mass is 10.1. The van der Waals surface area contributed by atoms with Gasteiger partial charge in [-0.1, -0.05) is 41.6 Å². The van der Waals surface area contributed by atoms with Crippen LogP contribution in [-0.2, 0) is 4.79 Å². The number of carbonyl (C=O) groups excluding carboxylic acids is 1. The standard InChI is InChI=1S/C18H16FN5O3S/c1-10-3-5-12(6-4-10)16-21-18(23-22-16)28-11(2)17(25)20-13-7-8-14(19)15(9-13)24(26)27/h3-9,11H,1-2H3,(H,20,25)(H,21,22,23)/t11-/m0/s1. The Morgan fingerprint density at radius 2 is 2.00 bits per heavy atom. The van der Waals surface area contributed by atoms with Crippen molar-refractivity contribution >= 4 is 29.0 Å². The molecule has 2 N–H and O–H groups in total. The predicted octanol–water partition coefficient (Wildman–Crippen LogP) is 3.95. The van der Waals surface area contributed by atoms with Crippen LogP contribution in [0.5, 0.6) is 0 Å². The van der Waals surface area contributed by atoms with Gasteiger partial charge in [0.1, 0.15) is 0 Å². The first-order valence-electron chi connectivity index (χ1n) is 8.24. The van der Waals surface area contributed by atoms with Crippen molar-refractivity contribution in [1.82, 2.24) is 15.2 Å². The van der Waals surface area contributed by atoms with Crippen molar-refractivity contribution in [2.24, 2.45) is 0 Å². The van der Waals surface area contributed by atoms with Gasteiger partial charge in [-0.05, 0) is 26.0 Å². The van der Waals surface area contributed by atoms with E-state index >= 15 is 0 Å². The highest BCUT2D eigenvalue weighted by Gasteiger charge is 2.20. The summed E-state index contributed by atoms with van der Waals surface area (Å²) >= 11 is 1.13. The van der Waals surface area contributed by atoms with Crippen LogP contribution in [0.1, 0.15) is 12.5 Å². The SMILES string of the molecule is Cc1ccc(-c2nc(S[C@@H](C)C(=O)Nc3ccc(F)c([N+](=O)[O-])c3)n[nH]2)cc1. The second-order valence-electron chi connectivity index (χ2n) is 6.01. The zero-order valence-corrected chi connectivity index (χ0v) is 15.8. The molecule has 1 heterocycles.